The van der Waals surface area contributed by atoms with Crippen molar-refractivity contribution < 1.29 is 17.6 Å². The second-order valence-corrected chi connectivity index (χ2v) is 3.10. The Morgan fingerprint density at radius 3 is 2.50 bits per heavy atom. The van der Waals surface area contributed by atoms with E-state index in [1.165, 1.54) is 12.1 Å². The van der Waals surface area contributed by atoms with Crippen molar-refractivity contribution in [2.75, 3.05) is 11.9 Å². The zero-order valence-corrected chi connectivity index (χ0v) is 8.11. The minimum atomic E-state index is -4.27. The van der Waals surface area contributed by atoms with Gasteiger partial charge in [0.1, 0.15) is 5.82 Å². The molecule has 2 nitrogen and oxygen atoms in total. The van der Waals surface area contributed by atoms with E-state index in [4.69, 9.17) is 5.26 Å². The van der Waals surface area contributed by atoms with E-state index in [2.05, 4.69) is 5.32 Å². The number of nitrogens with zero attached hydrogens (tertiary/aromatic N) is 1. The third-order valence-corrected chi connectivity index (χ3v) is 1.82. The Hall–Kier alpha value is -1.77. The Kier molecular flexibility index (Phi) is 3.72. The highest BCUT2D eigenvalue weighted by molar-refractivity contribution is 5.48. The largest absolute Gasteiger partial charge is 0.390 e. The summed E-state index contributed by atoms with van der Waals surface area (Å²) in [5, 5.41) is 10.8. The van der Waals surface area contributed by atoms with E-state index in [-0.39, 0.29) is 11.3 Å². The molecule has 0 radical (unpaired) electrons. The van der Waals surface area contributed by atoms with Gasteiger partial charge in [-0.2, -0.15) is 18.4 Å². The van der Waals surface area contributed by atoms with Crippen LogP contribution in [0.4, 0.5) is 23.2 Å². The standard InChI is InChI=1S/C10H8F4N2/c11-8-5-7(6-15)1-2-9(8)16-4-3-10(12,13)14/h1-2,5,16H,3-4H2. The van der Waals surface area contributed by atoms with Crippen LogP contribution in [0, 0.1) is 17.1 Å². The van der Waals surface area contributed by atoms with Crippen molar-refractivity contribution in [3.63, 3.8) is 0 Å². The molecule has 0 aliphatic heterocycles. The molecular weight excluding hydrogens is 224 g/mol. The Labute approximate surface area is 89.5 Å². The predicted octanol–water partition coefficient (Wildman–Crippen LogP) is 3.06. The van der Waals surface area contributed by atoms with E-state index in [9.17, 15) is 17.6 Å². The zero-order valence-electron chi connectivity index (χ0n) is 8.11. The first kappa shape index (κ1) is 12.3. The van der Waals surface area contributed by atoms with Gasteiger partial charge in [0.15, 0.2) is 0 Å². The van der Waals surface area contributed by atoms with Gasteiger partial charge < -0.3 is 5.32 Å². The Balaban J connectivity index is 2.59. The maximum absolute atomic E-state index is 13.2. The number of benzene rings is 1. The van der Waals surface area contributed by atoms with Crippen LogP contribution >= 0.6 is 0 Å². The van der Waals surface area contributed by atoms with E-state index < -0.39 is 25.0 Å². The van der Waals surface area contributed by atoms with Crippen LogP contribution in [0.2, 0.25) is 0 Å². The van der Waals surface area contributed by atoms with Gasteiger partial charge in [-0.1, -0.05) is 0 Å². The Morgan fingerprint density at radius 1 is 1.31 bits per heavy atom. The van der Waals surface area contributed by atoms with Crippen LogP contribution in [0.25, 0.3) is 0 Å². The number of nitrogens with one attached hydrogen (secondary N) is 1. The fourth-order valence-corrected chi connectivity index (χ4v) is 1.07. The number of nitriles is 1. The lowest BCUT2D eigenvalue weighted by atomic mass is 10.2. The summed E-state index contributed by atoms with van der Waals surface area (Å²) < 4.78 is 48.6. The molecule has 0 bridgehead atoms. The molecule has 1 aromatic rings. The number of hydrogen-bond acceptors (Lipinski definition) is 2. The number of rotatable bonds is 3. The first-order valence-corrected chi connectivity index (χ1v) is 4.42. The van der Waals surface area contributed by atoms with Gasteiger partial charge in [0.05, 0.1) is 23.7 Å². The van der Waals surface area contributed by atoms with E-state index >= 15 is 0 Å². The monoisotopic (exact) mass is 232 g/mol. The predicted molar refractivity (Wildman–Crippen MR) is 50.3 cm³/mol. The molecule has 0 amide bonds. The number of halogens is 4. The molecule has 0 unspecified atom stereocenters. The summed E-state index contributed by atoms with van der Waals surface area (Å²) in [6.07, 6.45) is -5.30. The average molecular weight is 232 g/mol. The number of hydrogen-bond donors (Lipinski definition) is 1. The fourth-order valence-electron chi connectivity index (χ4n) is 1.07. The van der Waals surface area contributed by atoms with Crippen molar-refractivity contribution in [1.29, 1.82) is 5.26 Å². The maximum atomic E-state index is 13.2. The van der Waals surface area contributed by atoms with Gasteiger partial charge in [0, 0.05) is 6.54 Å². The van der Waals surface area contributed by atoms with Gasteiger partial charge in [0.2, 0.25) is 0 Å². The van der Waals surface area contributed by atoms with Crippen molar-refractivity contribution >= 4 is 5.69 Å². The van der Waals surface area contributed by atoms with Crippen LogP contribution in [-0.4, -0.2) is 12.7 Å². The van der Waals surface area contributed by atoms with Gasteiger partial charge >= 0.3 is 6.18 Å². The Morgan fingerprint density at radius 2 is 2.00 bits per heavy atom. The maximum Gasteiger partial charge on any atom is 0.390 e. The quantitative estimate of drug-likeness (QED) is 0.813. The SMILES string of the molecule is N#Cc1ccc(NCCC(F)(F)F)c(F)c1. The lowest BCUT2D eigenvalue weighted by Gasteiger charge is -2.09. The molecule has 1 aromatic carbocycles. The molecule has 0 aliphatic rings. The molecule has 1 N–H and O–H groups in total. The minimum absolute atomic E-state index is 0.0387. The fraction of sp³-hybridized carbons (Fsp3) is 0.300. The smallest absolute Gasteiger partial charge is 0.382 e. The summed E-state index contributed by atoms with van der Waals surface area (Å²) in [6.45, 7) is -0.397. The first-order chi connectivity index (χ1) is 7.42. The summed E-state index contributed by atoms with van der Waals surface area (Å²) in [7, 11) is 0. The molecule has 6 heteroatoms. The van der Waals surface area contributed by atoms with Gasteiger partial charge in [-0.3, -0.25) is 0 Å². The molecule has 0 atom stereocenters. The Bertz CT molecular complexity index is 406. The van der Waals surface area contributed by atoms with Crippen molar-refractivity contribution in [2.24, 2.45) is 0 Å². The topological polar surface area (TPSA) is 35.8 Å². The molecular formula is C10H8F4N2. The first-order valence-electron chi connectivity index (χ1n) is 4.42. The molecule has 0 spiro atoms. The van der Waals surface area contributed by atoms with E-state index in [1.54, 1.807) is 6.07 Å². The lowest BCUT2D eigenvalue weighted by Crippen LogP contribution is -2.15. The zero-order chi connectivity index (χ0) is 12.2. The van der Waals surface area contributed by atoms with Crippen molar-refractivity contribution in [3.8, 4) is 6.07 Å². The van der Waals surface area contributed by atoms with Crippen molar-refractivity contribution in [3.05, 3.63) is 29.6 Å². The molecule has 16 heavy (non-hydrogen) atoms. The highest BCUT2D eigenvalue weighted by Crippen LogP contribution is 2.20. The summed E-state index contributed by atoms with van der Waals surface area (Å²) in [6, 6.07) is 5.27. The lowest BCUT2D eigenvalue weighted by molar-refractivity contribution is -0.131. The molecule has 0 saturated carbocycles. The van der Waals surface area contributed by atoms with Crippen LogP contribution < -0.4 is 5.32 Å². The van der Waals surface area contributed by atoms with E-state index in [0.29, 0.717) is 0 Å². The second kappa shape index (κ2) is 4.84. The second-order valence-electron chi connectivity index (χ2n) is 3.10. The normalized spacial score (nSPS) is 10.9. The summed E-state index contributed by atoms with van der Waals surface area (Å²) in [5.74, 6) is -0.735. The summed E-state index contributed by atoms with van der Waals surface area (Å²) in [4.78, 5) is 0. The van der Waals surface area contributed by atoms with E-state index in [1.807, 2.05) is 0 Å². The van der Waals surface area contributed by atoms with Gasteiger partial charge in [-0.05, 0) is 18.2 Å². The van der Waals surface area contributed by atoms with Gasteiger partial charge in [-0.15, -0.1) is 0 Å². The third kappa shape index (κ3) is 3.77. The number of anilines is 1. The molecule has 0 aliphatic carbocycles. The summed E-state index contributed by atoms with van der Waals surface area (Å²) >= 11 is 0. The van der Waals surface area contributed by atoms with Crippen LogP contribution in [0.5, 0.6) is 0 Å². The van der Waals surface area contributed by atoms with Crippen LogP contribution in [0.3, 0.4) is 0 Å². The highest BCUT2D eigenvalue weighted by Gasteiger charge is 2.26. The van der Waals surface area contributed by atoms with Gasteiger partial charge in [0.25, 0.3) is 0 Å². The number of alkyl halides is 3. The van der Waals surface area contributed by atoms with Crippen molar-refractivity contribution in [2.45, 2.75) is 12.6 Å². The van der Waals surface area contributed by atoms with E-state index in [0.717, 1.165) is 6.07 Å². The van der Waals surface area contributed by atoms with Crippen LogP contribution in [0.1, 0.15) is 12.0 Å². The van der Waals surface area contributed by atoms with Crippen molar-refractivity contribution in [1.82, 2.24) is 0 Å². The van der Waals surface area contributed by atoms with Gasteiger partial charge in [-0.25, -0.2) is 4.39 Å². The molecule has 0 saturated heterocycles. The van der Waals surface area contributed by atoms with Crippen LogP contribution in [-0.2, 0) is 0 Å². The molecule has 0 fully saturated rings. The average Bonchev–Trinajstić information content (AvgIpc) is 2.18. The molecule has 0 aromatic heterocycles. The minimum Gasteiger partial charge on any atom is -0.382 e. The molecule has 86 valence electrons. The molecule has 1 rings (SSSR count). The molecule has 0 heterocycles. The van der Waals surface area contributed by atoms with Crippen LogP contribution in [0.15, 0.2) is 18.2 Å². The third-order valence-electron chi connectivity index (χ3n) is 1.82. The summed E-state index contributed by atoms with van der Waals surface area (Å²) in [5.41, 5.74) is 0.0853. The highest BCUT2D eigenvalue weighted by atomic mass is 19.4.